The number of primary amides is 1. The first kappa shape index (κ1) is 6.16. The van der Waals surface area contributed by atoms with Crippen LogP contribution in [-0.2, 0) is 4.79 Å². The van der Waals surface area contributed by atoms with Gasteiger partial charge in [0.15, 0.2) is 0 Å². The zero-order valence-corrected chi connectivity index (χ0v) is 5.89. The highest BCUT2D eigenvalue weighted by molar-refractivity contribution is 5.82. The molecule has 2 fully saturated rings. The van der Waals surface area contributed by atoms with Crippen LogP contribution < -0.4 is 11.1 Å². The molecule has 1 unspecified atom stereocenters. The number of carbonyl (C=O) groups excluding carboxylic acids is 1. The monoisotopic (exact) mass is 140 g/mol. The van der Waals surface area contributed by atoms with Gasteiger partial charge < -0.3 is 11.1 Å². The third kappa shape index (κ3) is 0.560. The number of amides is 1. The molecule has 1 heterocycles. The summed E-state index contributed by atoms with van der Waals surface area (Å²) in [5.41, 5.74) is 5.48. The van der Waals surface area contributed by atoms with Crippen LogP contribution in [0.2, 0.25) is 0 Å². The molecule has 0 radical (unpaired) electrons. The second-order valence-corrected chi connectivity index (χ2v) is 3.43. The Morgan fingerprint density at radius 1 is 1.60 bits per heavy atom. The molecule has 1 aliphatic heterocycles. The van der Waals surface area contributed by atoms with Gasteiger partial charge in [-0.15, -0.1) is 0 Å². The topological polar surface area (TPSA) is 55.1 Å². The molecule has 0 aromatic heterocycles. The van der Waals surface area contributed by atoms with Crippen molar-refractivity contribution in [1.29, 1.82) is 0 Å². The Bertz CT molecular complexity index is 169. The number of rotatable bonds is 1. The summed E-state index contributed by atoms with van der Waals surface area (Å²) >= 11 is 0. The Balaban J connectivity index is 2.05. The summed E-state index contributed by atoms with van der Waals surface area (Å²) in [6.07, 6.45) is 3.65. The van der Waals surface area contributed by atoms with Gasteiger partial charge in [0, 0.05) is 12.0 Å². The second kappa shape index (κ2) is 1.72. The van der Waals surface area contributed by atoms with Crippen LogP contribution in [0.3, 0.4) is 0 Å². The van der Waals surface area contributed by atoms with E-state index in [1.54, 1.807) is 0 Å². The van der Waals surface area contributed by atoms with Crippen LogP contribution in [0.25, 0.3) is 0 Å². The van der Waals surface area contributed by atoms with Gasteiger partial charge in [0.05, 0.1) is 6.04 Å². The van der Waals surface area contributed by atoms with E-state index in [9.17, 15) is 4.79 Å². The fourth-order valence-corrected chi connectivity index (χ4v) is 1.99. The first-order chi connectivity index (χ1) is 4.75. The fourth-order valence-electron chi connectivity index (χ4n) is 1.99. The number of nitrogens with one attached hydrogen (secondary N) is 1. The van der Waals surface area contributed by atoms with E-state index in [2.05, 4.69) is 5.32 Å². The summed E-state index contributed by atoms with van der Waals surface area (Å²) < 4.78 is 0. The lowest BCUT2D eigenvalue weighted by Gasteiger charge is -2.55. The zero-order chi connectivity index (χ0) is 7.19. The third-order valence-corrected chi connectivity index (χ3v) is 2.90. The average molecular weight is 140 g/mol. The van der Waals surface area contributed by atoms with Crippen LogP contribution in [0.5, 0.6) is 0 Å². The summed E-state index contributed by atoms with van der Waals surface area (Å²) in [5, 5.41) is 3.06. The molecule has 1 spiro atoms. The minimum atomic E-state index is -0.175. The molecular weight excluding hydrogens is 128 g/mol. The normalized spacial score (nSPS) is 34.6. The zero-order valence-electron chi connectivity index (χ0n) is 5.89. The molecule has 0 aromatic carbocycles. The van der Waals surface area contributed by atoms with E-state index in [4.69, 9.17) is 5.73 Å². The van der Waals surface area contributed by atoms with Gasteiger partial charge in [-0.1, -0.05) is 6.42 Å². The minimum absolute atomic E-state index is 0.0127. The van der Waals surface area contributed by atoms with Crippen molar-refractivity contribution in [1.82, 2.24) is 5.32 Å². The van der Waals surface area contributed by atoms with E-state index in [0.29, 0.717) is 5.41 Å². The molecule has 56 valence electrons. The summed E-state index contributed by atoms with van der Waals surface area (Å²) in [4.78, 5) is 10.7. The smallest absolute Gasteiger partial charge is 0.235 e. The van der Waals surface area contributed by atoms with Gasteiger partial charge in [-0.05, 0) is 12.8 Å². The molecule has 1 saturated heterocycles. The third-order valence-electron chi connectivity index (χ3n) is 2.90. The Labute approximate surface area is 60.0 Å². The Morgan fingerprint density at radius 2 is 2.30 bits per heavy atom. The average Bonchev–Trinajstić information content (AvgIpc) is 1.53. The fraction of sp³-hybridized carbons (Fsp3) is 0.857. The number of hydrogen-bond donors (Lipinski definition) is 2. The molecule has 1 saturated carbocycles. The van der Waals surface area contributed by atoms with Gasteiger partial charge in [0.1, 0.15) is 0 Å². The lowest BCUT2D eigenvalue weighted by Crippen LogP contribution is -2.70. The maximum atomic E-state index is 10.7. The van der Waals surface area contributed by atoms with Crippen molar-refractivity contribution < 1.29 is 4.79 Å². The molecule has 2 aliphatic rings. The standard InChI is InChI=1S/C7H12N2O/c8-6(10)5-7(4-9-5)2-1-3-7/h5,9H,1-4H2,(H2,8,10). The van der Waals surface area contributed by atoms with Crippen LogP contribution in [0.4, 0.5) is 0 Å². The van der Waals surface area contributed by atoms with Crippen LogP contribution >= 0.6 is 0 Å². The lowest BCUT2D eigenvalue weighted by molar-refractivity contribution is -0.131. The molecule has 2 rings (SSSR count). The predicted molar refractivity (Wildman–Crippen MR) is 37.3 cm³/mol. The Morgan fingerprint density at radius 3 is 2.40 bits per heavy atom. The molecule has 1 atom stereocenters. The highest BCUT2D eigenvalue weighted by atomic mass is 16.1. The summed E-state index contributed by atoms with van der Waals surface area (Å²) in [7, 11) is 0. The molecule has 1 amide bonds. The van der Waals surface area contributed by atoms with E-state index >= 15 is 0 Å². The van der Waals surface area contributed by atoms with Crippen molar-refractivity contribution in [2.24, 2.45) is 11.1 Å². The second-order valence-electron chi connectivity index (χ2n) is 3.43. The molecule has 3 heteroatoms. The van der Waals surface area contributed by atoms with Crippen molar-refractivity contribution in [2.75, 3.05) is 6.54 Å². The summed E-state index contributed by atoms with van der Waals surface area (Å²) in [6.45, 7) is 1.00. The van der Waals surface area contributed by atoms with E-state index < -0.39 is 0 Å². The van der Waals surface area contributed by atoms with Gasteiger partial charge in [0.2, 0.25) is 5.91 Å². The van der Waals surface area contributed by atoms with Gasteiger partial charge in [-0.2, -0.15) is 0 Å². The molecule has 0 bridgehead atoms. The molecule has 3 N–H and O–H groups in total. The number of nitrogens with two attached hydrogens (primary N) is 1. The van der Waals surface area contributed by atoms with Crippen LogP contribution in [-0.4, -0.2) is 18.5 Å². The van der Waals surface area contributed by atoms with E-state index in [0.717, 1.165) is 6.54 Å². The Kier molecular flexibility index (Phi) is 1.06. The van der Waals surface area contributed by atoms with E-state index in [-0.39, 0.29) is 11.9 Å². The van der Waals surface area contributed by atoms with Crippen molar-refractivity contribution in [2.45, 2.75) is 25.3 Å². The highest BCUT2D eigenvalue weighted by Crippen LogP contribution is 2.47. The molecule has 10 heavy (non-hydrogen) atoms. The van der Waals surface area contributed by atoms with Crippen molar-refractivity contribution >= 4 is 5.91 Å². The lowest BCUT2D eigenvalue weighted by atomic mass is 9.59. The highest BCUT2D eigenvalue weighted by Gasteiger charge is 2.53. The largest absolute Gasteiger partial charge is 0.368 e. The van der Waals surface area contributed by atoms with Gasteiger partial charge in [-0.3, -0.25) is 4.79 Å². The maximum absolute atomic E-state index is 10.7. The first-order valence-corrected chi connectivity index (χ1v) is 3.77. The Hall–Kier alpha value is -0.570. The van der Waals surface area contributed by atoms with Crippen molar-refractivity contribution in [3.05, 3.63) is 0 Å². The van der Waals surface area contributed by atoms with Gasteiger partial charge in [0.25, 0.3) is 0 Å². The molecule has 1 aliphatic carbocycles. The minimum Gasteiger partial charge on any atom is -0.368 e. The van der Waals surface area contributed by atoms with Crippen molar-refractivity contribution in [3.8, 4) is 0 Å². The van der Waals surface area contributed by atoms with Crippen LogP contribution in [0.1, 0.15) is 19.3 Å². The summed E-state index contributed by atoms with van der Waals surface area (Å²) in [5.74, 6) is -0.175. The SMILES string of the molecule is NC(=O)C1NCC12CCC2. The van der Waals surface area contributed by atoms with Crippen molar-refractivity contribution in [3.63, 3.8) is 0 Å². The molecule has 0 aromatic rings. The van der Waals surface area contributed by atoms with E-state index in [1.807, 2.05) is 0 Å². The number of hydrogen-bond acceptors (Lipinski definition) is 2. The van der Waals surface area contributed by atoms with Gasteiger partial charge in [-0.25, -0.2) is 0 Å². The molecular formula is C7H12N2O. The quantitative estimate of drug-likeness (QED) is 0.521. The van der Waals surface area contributed by atoms with Gasteiger partial charge >= 0.3 is 0 Å². The number of carbonyl (C=O) groups is 1. The summed E-state index contributed by atoms with van der Waals surface area (Å²) in [6, 6.07) is -0.0127. The van der Waals surface area contributed by atoms with Crippen LogP contribution in [0.15, 0.2) is 0 Å². The predicted octanol–water partition coefficient (Wildman–Crippen LogP) is -0.386. The maximum Gasteiger partial charge on any atom is 0.235 e. The van der Waals surface area contributed by atoms with E-state index in [1.165, 1.54) is 19.3 Å². The molecule has 3 nitrogen and oxygen atoms in total. The first-order valence-electron chi connectivity index (χ1n) is 3.77. The van der Waals surface area contributed by atoms with Crippen LogP contribution in [0, 0.1) is 5.41 Å².